The Balaban J connectivity index is 1.99. The summed E-state index contributed by atoms with van der Waals surface area (Å²) in [5.74, 6) is -1.05. The van der Waals surface area contributed by atoms with Gasteiger partial charge >= 0.3 is 5.97 Å². The van der Waals surface area contributed by atoms with Crippen LogP contribution in [-0.4, -0.2) is 28.5 Å². The van der Waals surface area contributed by atoms with Gasteiger partial charge in [0.15, 0.2) is 12.3 Å². The van der Waals surface area contributed by atoms with Gasteiger partial charge in [0.1, 0.15) is 0 Å². The van der Waals surface area contributed by atoms with Crippen LogP contribution in [0.15, 0.2) is 30.6 Å². The van der Waals surface area contributed by atoms with E-state index in [-0.39, 0.29) is 18.2 Å². The van der Waals surface area contributed by atoms with Crippen LogP contribution in [0.2, 0.25) is 0 Å². The van der Waals surface area contributed by atoms with Gasteiger partial charge in [-0.3, -0.25) is 9.78 Å². The van der Waals surface area contributed by atoms with Crippen LogP contribution in [-0.2, 0) is 22.4 Å². The molecule has 2 rings (SSSR count). The zero-order valence-electron chi connectivity index (χ0n) is 14.1. The Labute approximate surface area is 141 Å². The van der Waals surface area contributed by atoms with Crippen molar-refractivity contribution in [1.82, 2.24) is 9.97 Å². The third-order valence-corrected chi connectivity index (χ3v) is 3.59. The van der Waals surface area contributed by atoms with Crippen molar-refractivity contribution in [2.45, 2.75) is 33.6 Å². The molecule has 0 bridgehead atoms. The highest BCUT2D eigenvalue weighted by molar-refractivity contribution is 5.95. The van der Waals surface area contributed by atoms with Crippen LogP contribution in [0.5, 0.6) is 0 Å². The van der Waals surface area contributed by atoms with Gasteiger partial charge in [-0.15, -0.1) is 0 Å². The fourth-order valence-electron chi connectivity index (χ4n) is 2.28. The van der Waals surface area contributed by atoms with Gasteiger partial charge in [0.05, 0.1) is 11.9 Å². The molecular formula is C18H21N3O3. The molecule has 0 aliphatic carbocycles. The van der Waals surface area contributed by atoms with E-state index in [0.717, 1.165) is 29.7 Å². The molecule has 1 amide bonds. The maximum atomic E-state index is 12.1. The van der Waals surface area contributed by atoms with Crippen molar-refractivity contribution in [3.05, 3.63) is 53.1 Å². The molecule has 1 N–H and O–H groups in total. The molecule has 0 fully saturated rings. The van der Waals surface area contributed by atoms with E-state index in [1.807, 2.05) is 32.0 Å². The lowest BCUT2D eigenvalue weighted by Crippen LogP contribution is -2.22. The predicted octanol–water partition coefficient (Wildman–Crippen LogP) is 2.71. The van der Waals surface area contributed by atoms with E-state index in [4.69, 9.17) is 4.74 Å². The van der Waals surface area contributed by atoms with E-state index < -0.39 is 5.97 Å². The van der Waals surface area contributed by atoms with Gasteiger partial charge in [-0.05, 0) is 30.9 Å². The number of anilines is 1. The van der Waals surface area contributed by atoms with Crippen LogP contribution < -0.4 is 5.32 Å². The summed E-state index contributed by atoms with van der Waals surface area (Å²) >= 11 is 0. The lowest BCUT2D eigenvalue weighted by molar-refractivity contribution is -0.119. The maximum Gasteiger partial charge on any atom is 0.359 e. The first-order chi connectivity index (χ1) is 11.5. The number of carbonyl (C=O) groups excluding carboxylic acids is 2. The molecule has 0 atom stereocenters. The van der Waals surface area contributed by atoms with Crippen LogP contribution in [0.1, 0.15) is 41.2 Å². The Hall–Kier alpha value is -2.76. The van der Waals surface area contributed by atoms with E-state index in [9.17, 15) is 9.59 Å². The summed E-state index contributed by atoms with van der Waals surface area (Å²) in [6, 6.07) is 5.93. The molecule has 6 heteroatoms. The van der Waals surface area contributed by atoms with Gasteiger partial charge < -0.3 is 10.1 Å². The van der Waals surface area contributed by atoms with Gasteiger partial charge in [0.25, 0.3) is 5.91 Å². The summed E-state index contributed by atoms with van der Waals surface area (Å²) in [6.45, 7) is 5.46. The molecule has 0 aliphatic heterocycles. The predicted molar refractivity (Wildman–Crippen MR) is 90.9 cm³/mol. The van der Waals surface area contributed by atoms with E-state index in [2.05, 4.69) is 15.3 Å². The highest BCUT2D eigenvalue weighted by Crippen LogP contribution is 2.22. The average molecular weight is 327 g/mol. The van der Waals surface area contributed by atoms with E-state index >= 15 is 0 Å². The van der Waals surface area contributed by atoms with Crippen molar-refractivity contribution in [3.63, 3.8) is 0 Å². The molecule has 24 heavy (non-hydrogen) atoms. The number of esters is 1. The Morgan fingerprint density at radius 2 is 1.75 bits per heavy atom. The smallest absolute Gasteiger partial charge is 0.359 e. The van der Waals surface area contributed by atoms with E-state index in [1.54, 1.807) is 6.92 Å². The second-order valence-corrected chi connectivity index (χ2v) is 5.33. The highest BCUT2D eigenvalue weighted by atomic mass is 16.5. The van der Waals surface area contributed by atoms with Crippen molar-refractivity contribution in [3.8, 4) is 0 Å². The standard InChI is InChI=1S/C18H21N3O3/c1-4-13-7-6-8-14(5-2)17(13)21-16(22)11-24-18(23)15-10-19-12(3)9-20-15/h6-10H,4-5,11H2,1-3H3,(H,21,22). The average Bonchev–Trinajstić information content (AvgIpc) is 2.60. The maximum absolute atomic E-state index is 12.1. The van der Waals surface area contributed by atoms with Crippen molar-refractivity contribution in [1.29, 1.82) is 0 Å². The minimum Gasteiger partial charge on any atom is -0.451 e. The molecule has 6 nitrogen and oxygen atoms in total. The Morgan fingerprint density at radius 3 is 2.29 bits per heavy atom. The lowest BCUT2D eigenvalue weighted by atomic mass is 10.0. The van der Waals surface area contributed by atoms with E-state index in [1.165, 1.54) is 12.4 Å². The number of nitrogens with one attached hydrogen (secondary N) is 1. The zero-order chi connectivity index (χ0) is 17.5. The SMILES string of the molecule is CCc1cccc(CC)c1NC(=O)COC(=O)c1cnc(C)cn1. The number of para-hydroxylation sites is 1. The van der Waals surface area contributed by atoms with Gasteiger partial charge in [0.2, 0.25) is 0 Å². The molecule has 2 aromatic rings. The fourth-order valence-corrected chi connectivity index (χ4v) is 2.28. The molecule has 1 aromatic heterocycles. The van der Waals surface area contributed by atoms with Crippen molar-refractivity contribution in [2.75, 3.05) is 11.9 Å². The number of nitrogens with zero attached hydrogens (tertiary/aromatic N) is 2. The van der Waals surface area contributed by atoms with Crippen molar-refractivity contribution in [2.24, 2.45) is 0 Å². The molecule has 0 unspecified atom stereocenters. The Morgan fingerprint density at radius 1 is 1.08 bits per heavy atom. The molecule has 0 saturated carbocycles. The normalized spacial score (nSPS) is 10.3. The highest BCUT2D eigenvalue weighted by Gasteiger charge is 2.14. The number of hydrogen-bond acceptors (Lipinski definition) is 5. The van der Waals surface area contributed by atoms with Crippen LogP contribution in [0.4, 0.5) is 5.69 Å². The van der Waals surface area contributed by atoms with Crippen molar-refractivity contribution < 1.29 is 14.3 Å². The third kappa shape index (κ3) is 4.38. The Kier molecular flexibility index (Phi) is 6.01. The van der Waals surface area contributed by atoms with Crippen LogP contribution in [0, 0.1) is 6.92 Å². The van der Waals surface area contributed by atoms with Crippen LogP contribution >= 0.6 is 0 Å². The number of benzene rings is 1. The summed E-state index contributed by atoms with van der Waals surface area (Å²) in [6.07, 6.45) is 4.42. The molecule has 0 spiro atoms. The topological polar surface area (TPSA) is 81.2 Å². The first-order valence-electron chi connectivity index (χ1n) is 7.91. The quantitative estimate of drug-likeness (QED) is 0.825. The lowest BCUT2D eigenvalue weighted by Gasteiger charge is -2.14. The summed E-state index contributed by atoms with van der Waals surface area (Å²) in [7, 11) is 0. The Bertz CT molecular complexity index is 705. The second-order valence-electron chi connectivity index (χ2n) is 5.33. The molecule has 0 saturated heterocycles. The monoisotopic (exact) mass is 327 g/mol. The number of rotatable bonds is 6. The van der Waals surface area contributed by atoms with E-state index in [0.29, 0.717) is 5.69 Å². The van der Waals surface area contributed by atoms with Gasteiger partial charge in [-0.2, -0.15) is 0 Å². The number of aromatic nitrogens is 2. The molecule has 0 aliphatic rings. The summed E-state index contributed by atoms with van der Waals surface area (Å²) in [4.78, 5) is 31.9. The van der Waals surface area contributed by atoms with Crippen LogP contribution in [0.25, 0.3) is 0 Å². The molecule has 1 aromatic carbocycles. The van der Waals surface area contributed by atoms with Crippen LogP contribution in [0.3, 0.4) is 0 Å². The number of aryl methyl sites for hydroxylation is 3. The van der Waals surface area contributed by atoms with Gasteiger partial charge in [0, 0.05) is 11.9 Å². The number of hydrogen-bond donors (Lipinski definition) is 1. The first kappa shape index (κ1) is 17.6. The molecule has 0 radical (unpaired) electrons. The second kappa shape index (κ2) is 8.19. The van der Waals surface area contributed by atoms with Gasteiger partial charge in [-0.1, -0.05) is 32.0 Å². The molecular weight excluding hydrogens is 306 g/mol. The molecule has 126 valence electrons. The number of amides is 1. The number of ether oxygens (including phenoxy) is 1. The zero-order valence-corrected chi connectivity index (χ0v) is 14.1. The summed E-state index contributed by atoms with van der Waals surface area (Å²) < 4.78 is 5.00. The first-order valence-corrected chi connectivity index (χ1v) is 7.91. The minimum atomic E-state index is -0.669. The summed E-state index contributed by atoms with van der Waals surface area (Å²) in [5, 5.41) is 2.84. The largest absolute Gasteiger partial charge is 0.451 e. The number of carbonyl (C=O) groups is 2. The minimum absolute atomic E-state index is 0.0802. The molecule has 1 heterocycles. The third-order valence-electron chi connectivity index (χ3n) is 3.59. The summed E-state index contributed by atoms with van der Waals surface area (Å²) in [5.41, 5.74) is 3.69. The van der Waals surface area contributed by atoms with Crippen molar-refractivity contribution >= 4 is 17.6 Å². The van der Waals surface area contributed by atoms with Gasteiger partial charge in [-0.25, -0.2) is 9.78 Å². The fraction of sp³-hybridized carbons (Fsp3) is 0.333.